The van der Waals surface area contributed by atoms with Crippen molar-refractivity contribution < 1.29 is 9.59 Å². The Kier molecular flexibility index (Phi) is 5.33. The third-order valence-electron chi connectivity index (χ3n) is 4.27. The monoisotopic (exact) mass is 358 g/mol. The van der Waals surface area contributed by atoms with E-state index in [1.807, 2.05) is 43.5 Å². The van der Waals surface area contributed by atoms with Gasteiger partial charge in [-0.25, -0.2) is 9.78 Å². The Morgan fingerprint density at radius 1 is 1.20 bits per heavy atom. The number of anilines is 2. The molecule has 0 unspecified atom stereocenters. The molecule has 0 spiro atoms. The van der Waals surface area contributed by atoms with E-state index in [2.05, 4.69) is 15.6 Å². The van der Waals surface area contributed by atoms with Gasteiger partial charge in [-0.3, -0.25) is 4.79 Å². The molecular weight excluding hydrogens is 336 g/mol. The van der Waals surface area contributed by atoms with E-state index in [0.717, 1.165) is 16.9 Å². The molecule has 1 aliphatic rings. The standard InChI is InChI=1S/C18H22N4O2S/c1-12-4-3-5-15(10-12)20-18(24)22-8-6-14(7-9-22)16(23)21-17-19-13(2)11-25-17/h3-5,10-11,14H,6-9H2,1-2H3,(H,20,24)(H,19,21,23). The van der Waals surface area contributed by atoms with Crippen LogP contribution in [0, 0.1) is 19.8 Å². The largest absolute Gasteiger partial charge is 0.324 e. The maximum Gasteiger partial charge on any atom is 0.321 e. The molecule has 1 aliphatic heterocycles. The van der Waals surface area contributed by atoms with Crippen LogP contribution in [-0.2, 0) is 4.79 Å². The predicted molar refractivity (Wildman–Crippen MR) is 100.0 cm³/mol. The Morgan fingerprint density at radius 2 is 1.96 bits per heavy atom. The lowest BCUT2D eigenvalue weighted by molar-refractivity contribution is -0.121. The van der Waals surface area contributed by atoms with E-state index in [9.17, 15) is 9.59 Å². The van der Waals surface area contributed by atoms with Gasteiger partial charge in [0.05, 0.1) is 5.69 Å². The maximum atomic E-state index is 12.4. The summed E-state index contributed by atoms with van der Waals surface area (Å²) in [5.74, 6) is -0.0830. The SMILES string of the molecule is Cc1cccc(NC(=O)N2CCC(C(=O)Nc3nc(C)cs3)CC2)c1. The zero-order chi connectivity index (χ0) is 17.8. The number of hydrogen-bond donors (Lipinski definition) is 2. The van der Waals surface area contributed by atoms with E-state index in [4.69, 9.17) is 0 Å². The summed E-state index contributed by atoms with van der Waals surface area (Å²) in [6.07, 6.45) is 1.33. The minimum atomic E-state index is -0.111. The minimum absolute atomic E-state index is 0.00640. The van der Waals surface area contributed by atoms with Crippen molar-refractivity contribution in [3.63, 3.8) is 0 Å². The molecule has 2 heterocycles. The van der Waals surface area contributed by atoms with Gasteiger partial charge in [-0.1, -0.05) is 12.1 Å². The van der Waals surface area contributed by atoms with Crippen LogP contribution in [0.1, 0.15) is 24.1 Å². The van der Waals surface area contributed by atoms with Crippen molar-refractivity contribution in [3.8, 4) is 0 Å². The number of thiazole rings is 1. The van der Waals surface area contributed by atoms with E-state index in [1.165, 1.54) is 11.3 Å². The molecule has 2 aromatic rings. The second-order valence-electron chi connectivity index (χ2n) is 6.34. The van der Waals surface area contributed by atoms with E-state index < -0.39 is 0 Å². The van der Waals surface area contributed by atoms with Crippen molar-refractivity contribution in [1.82, 2.24) is 9.88 Å². The molecule has 0 aliphatic carbocycles. The summed E-state index contributed by atoms with van der Waals surface area (Å²) in [4.78, 5) is 30.7. The number of rotatable bonds is 3. The molecule has 25 heavy (non-hydrogen) atoms. The minimum Gasteiger partial charge on any atom is -0.324 e. The molecule has 132 valence electrons. The van der Waals surface area contributed by atoms with E-state index in [0.29, 0.717) is 31.1 Å². The summed E-state index contributed by atoms with van der Waals surface area (Å²) in [5, 5.41) is 8.34. The van der Waals surface area contributed by atoms with Crippen molar-refractivity contribution in [2.24, 2.45) is 5.92 Å². The number of aromatic nitrogens is 1. The first-order valence-corrected chi connectivity index (χ1v) is 9.25. The van der Waals surface area contributed by atoms with Crippen molar-refractivity contribution in [2.45, 2.75) is 26.7 Å². The number of likely N-dealkylation sites (tertiary alicyclic amines) is 1. The van der Waals surface area contributed by atoms with Crippen LogP contribution in [0.5, 0.6) is 0 Å². The van der Waals surface area contributed by atoms with Crippen molar-refractivity contribution in [2.75, 3.05) is 23.7 Å². The van der Waals surface area contributed by atoms with E-state index in [1.54, 1.807) is 4.90 Å². The molecule has 1 aromatic carbocycles. The molecule has 0 atom stereocenters. The van der Waals surface area contributed by atoms with Crippen molar-refractivity contribution in [3.05, 3.63) is 40.9 Å². The number of hydrogen-bond acceptors (Lipinski definition) is 4. The molecular formula is C18H22N4O2S. The van der Waals surface area contributed by atoms with Crippen LogP contribution >= 0.6 is 11.3 Å². The fraction of sp³-hybridized carbons (Fsp3) is 0.389. The van der Waals surface area contributed by atoms with Gasteiger partial charge >= 0.3 is 6.03 Å². The zero-order valence-electron chi connectivity index (χ0n) is 14.4. The van der Waals surface area contributed by atoms with E-state index in [-0.39, 0.29) is 17.9 Å². The summed E-state index contributed by atoms with van der Waals surface area (Å²) < 4.78 is 0. The van der Waals surface area contributed by atoms with Gasteiger partial charge in [0.2, 0.25) is 5.91 Å². The van der Waals surface area contributed by atoms with Crippen LogP contribution < -0.4 is 10.6 Å². The van der Waals surface area contributed by atoms with Gasteiger partial charge in [-0.2, -0.15) is 0 Å². The Bertz CT molecular complexity index is 766. The zero-order valence-corrected chi connectivity index (χ0v) is 15.2. The van der Waals surface area contributed by atoms with Crippen LogP contribution in [0.15, 0.2) is 29.6 Å². The molecule has 0 bridgehead atoms. The number of carbonyl (C=O) groups is 2. The number of nitrogens with one attached hydrogen (secondary N) is 2. The van der Waals surface area contributed by atoms with Gasteiger partial charge < -0.3 is 15.5 Å². The first-order chi connectivity index (χ1) is 12.0. The highest BCUT2D eigenvalue weighted by Crippen LogP contribution is 2.22. The number of benzene rings is 1. The first kappa shape index (κ1) is 17.4. The number of urea groups is 1. The van der Waals surface area contributed by atoms with Crippen LogP contribution in [-0.4, -0.2) is 34.9 Å². The van der Waals surface area contributed by atoms with Gasteiger partial charge in [-0.15, -0.1) is 11.3 Å². The number of nitrogens with zero attached hydrogens (tertiary/aromatic N) is 2. The molecule has 1 fully saturated rings. The van der Waals surface area contributed by atoms with Gasteiger partial charge in [0.15, 0.2) is 5.13 Å². The lowest BCUT2D eigenvalue weighted by atomic mass is 9.96. The highest BCUT2D eigenvalue weighted by Gasteiger charge is 2.27. The first-order valence-electron chi connectivity index (χ1n) is 8.37. The average molecular weight is 358 g/mol. The maximum absolute atomic E-state index is 12.4. The van der Waals surface area contributed by atoms with E-state index >= 15 is 0 Å². The Balaban J connectivity index is 1.49. The Hall–Kier alpha value is -2.41. The quantitative estimate of drug-likeness (QED) is 0.880. The molecule has 2 N–H and O–H groups in total. The number of piperidine rings is 1. The van der Waals surface area contributed by atoms with Crippen molar-refractivity contribution in [1.29, 1.82) is 0 Å². The third kappa shape index (κ3) is 4.57. The van der Waals surface area contributed by atoms with Gasteiger partial charge in [0.25, 0.3) is 0 Å². The third-order valence-corrected chi connectivity index (χ3v) is 5.15. The number of amides is 3. The van der Waals surface area contributed by atoms with Gasteiger partial charge in [-0.05, 0) is 44.4 Å². The second-order valence-corrected chi connectivity index (χ2v) is 7.20. The summed E-state index contributed by atoms with van der Waals surface area (Å²) in [7, 11) is 0. The normalized spacial score (nSPS) is 15.0. The summed E-state index contributed by atoms with van der Waals surface area (Å²) in [5.41, 5.74) is 2.80. The second kappa shape index (κ2) is 7.65. The molecule has 3 amide bonds. The van der Waals surface area contributed by atoms with Gasteiger partial charge in [0, 0.05) is 30.1 Å². The molecule has 0 saturated carbocycles. The van der Waals surface area contributed by atoms with Gasteiger partial charge in [0.1, 0.15) is 0 Å². The molecule has 1 aromatic heterocycles. The fourth-order valence-corrected chi connectivity index (χ4v) is 3.58. The molecule has 3 rings (SSSR count). The molecule has 0 radical (unpaired) electrons. The Morgan fingerprint density at radius 3 is 2.60 bits per heavy atom. The Labute approximate surface area is 151 Å². The summed E-state index contributed by atoms with van der Waals surface area (Å²) >= 11 is 1.43. The highest BCUT2D eigenvalue weighted by molar-refractivity contribution is 7.13. The molecule has 1 saturated heterocycles. The molecule has 7 heteroatoms. The average Bonchev–Trinajstić information content (AvgIpc) is 3.00. The predicted octanol–water partition coefficient (Wildman–Crippen LogP) is 3.64. The lowest BCUT2D eigenvalue weighted by Gasteiger charge is -2.31. The van der Waals surface area contributed by atoms with Crippen LogP contribution in [0.4, 0.5) is 15.6 Å². The highest BCUT2D eigenvalue weighted by atomic mass is 32.1. The van der Waals surface area contributed by atoms with Crippen LogP contribution in [0.2, 0.25) is 0 Å². The summed E-state index contributed by atoms with van der Waals surface area (Å²) in [6.45, 7) is 5.04. The van der Waals surface area contributed by atoms with Crippen LogP contribution in [0.3, 0.4) is 0 Å². The topological polar surface area (TPSA) is 74.3 Å². The molecule has 6 nitrogen and oxygen atoms in total. The van der Waals surface area contributed by atoms with Crippen LogP contribution in [0.25, 0.3) is 0 Å². The fourth-order valence-electron chi connectivity index (χ4n) is 2.89. The van der Waals surface area contributed by atoms with Crippen molar-refractivity contribution >= 4 is 34.1 Å². The number of aryl methyl sites for hydroxylation is 2. The summed E-state index contributed by atoms with van der Waals surface area (Å²) in [6, 6.07) is 7.61. The lowest BCUT2D eigenvalue weighted by Crippen LogP contribution is -2.43. The number of carbonyl (C=O) groups excluding carboxylic acids is 2. The smallest absolute Gasteiger partial charge is 0.321 e.